The summed E-state index contributed by atoms with van der Waals surface area (Å²) in [5, 5.41) is 0. The van der Waals surface area contributed by atoms with E-state index in [1.807, 2.05) is 0 Å². The summed E-state index contributed by atoms with van der Waals surface area (Å²) >= 11 is 4.27. The summed E-state index contributed by atoms with van der Waals surface area (Å²) in [4.78, 5) is 11.7. The zero-order valence-electron chi connectivity index (χ0n) is 9.77. The lowest BCUT2D eigenvalue weighted by atomic mass is 10.3. The molecule has 0 aliphatic rings. The fourth-order valence-corrected chi connectivity index (χ4v) is 4.10. The van der Waals surface area contributed by atoms with E-state index in [1.165, 1.54) is 6.07 Å². The number of Topliss-reactive ketones (excluding diaryl/α,β-unsaturated/α-hetero) is 1. The number of hydrogen-bond acceptors (Lipinski definition) is 4. The maximum Gasteiger partial charge on any atom is 0.188 e. The predicted molar refractivity (Wildman–Crippen MR) is 74.8 cm³/mol. The van der Waals surface area contributed by atoms with E-state index < -0.39 is 37.9 Å². The van der Waals surface area contributed by atoms with Crippen molar-refractivity contribution in [2.45, 2.75) is 4.90 Å². The van der Waals surface area contributed by atoms with Crippen molar-refractivity contribution in [3.05, 3.63) is 50.6 Å². The zero-order chi connectivity index (χ0) is 14.9. The standard InChI is InChI=1S/C12H7BrF2O3S2/c13-12-4-3-11(19-12)10(16)6-20(17,18)7-1-2-8(14)9(15)5-7/h1-5H,6H2. The normalized spacial score (nSPS) is 11.6. The zero-order valence-corrected chi connectivity index (χ0v) is 13.0. The van der Waals surface area contributed by atoms with Gasteiger partial charge in [0.1, 0.15) is 5.75 Å². The van der Waals surface area contributed by atoms with Crippen molar-refractivity contribution in [1.82, 2.24) is 0 Å². The number of benzene rings is 1. The van der Waals surface area contributed by atoms with Crippen LogP contribution in [0.25, 0.3) is 0 Å². The molecule has 0 saturated carbocycles. The molecule has 0 atom stereocenters. The van der Waals surface area contributed by atoms with Crippen LogP contribution in [-0.4, -0.2) is 20.0 Å². The second kappa shape index (κ2) is 5.71. The van der Waals surface area contributed by atoms with Gasteiger partial charge in [-0.1, -0.05) is 0 Å². The van der Waals surface area contributed by atoms with E-state index in [9.17, 15) is 22.0 Å². The first-order valence-electron chi connectivity index (χ1n) is 5.26. The summed E-state index contributed by atoms with van der Waals surface area (Å²) in [5.74, 6) is -3.79. The molecule has 1 aromatic heterocycles. The van der Waals surface area contributed by atoms with Crippen molar-refractivity contribution in [2.75, 3.05) is 5.75 Å². The molecular weight excluding hydrogens is 374 g/mol. The Bertz CT molecular complexity index is 769. The van der Waals surface area contributed by atoms with Gasteiger partial charge in [-0.25, -0.2) is 17.2 Å². The Labute approximate surface area is 126 Å². The van der Waals surface area contributed by atoms with Crippen LogP contribution in [0.2, 0.25) is 0 Å². The summed E-state index contributed by atoms with van der Waals surface area (Å²) in [6.45, 7) is 0. The topological polar surface area (TPSA) is 51.2 Å². The molecule has 0 amide bonds. The molecule has 0 radical (unpaired) electrons. The quantitative estimate of drug-likeness (QED) is 0.602. The van der Waals surface area contributed by atoms with Crippen molar-refractivity contribution in [1.29, 1.82) is 0 Å². The molecule has 106 valence electrons. The molecule has 2 rings (SSSR count). The van der Waals surface area contributed by atoms with E-state index in [0.717, 1.165) is 17.4 Å². The van der Waals surface area contributed by atoms with Gasteiger partial charge in [0.2, 0.25) is 0 Å². The lowest BCUT2D eigenvalue weighted by molar-refractivity contribution is 0.102. The summed E-state index contributed by atoms with van der Waals surface area (Å²) in [6.07, 6.45) is 0. The first-order valence-corrected chi connectivity index (χ1v) is 8.52. The summed E-state index contributed by atoms with van der Waals surface area (Å²) in [5.41, 5.74) is 0. The van der Waals surface area contributed by atoms with E-state index in [-0.39, 0.29) is 4.88 Å². The molecule has 0 saturated heterocycles. The molecule has 20 heavy (non-hydrogen) atoms. The minimum atomic E-state index is -4.00. The second-order valence-corrected chi connectivity index (χ2v) is 8.31. The van der Waals surface area contributed by atoms with Crippen molar-refractivity contribution >= 4 is 42.9 Å². The van der Waals surface area contributed by atoms with Gasteiger partial charge in [0, 0.05) is 0 Å². The van der Waals surface area contributed by atoms with E-state index in [2.05, 4.69) is 15.9 Å². The van der Waals surface area contributed by atoms with E-state index in [0.29, 0.717) is 15.9 Å². The molecule has 0 bridgehead atoms. The smallest absolute Gasteiger partial charge is 0.188 e. The van der Waals surface area contributed by atoms with Crippen LogP contribution in [0.4, 0.5) is 8.78 Å². The largest absolute Gasteiger partial charge is 0.292 e. The van der Waals surface area contributed by atoms with Crippen LogP contribution in [0.5, 0.6) is 0 Å². The van der Waals surface area contributed by atoms with Crippen molar-refractivity contribution in [3.63, 3.8) is 0 Å². The number of sulfone groups is 1. The Morgan fingerprint density at radius 1 is 1.15 bits per heavy atom. The van der Waals surface area contributed by atoms with Gasteiger partial charge in [0.05, 0.1) is 13.6 Å². The fourth-order valence-electron chi connectivity index (χ4n) is 1.46. The van der Waals surface area contributed by atoms with Gasteiger partial charge < -0.3 is 0 Å². The molecule has 3 nitrogen and oxygen atoms in total. The molecule has 0 aliphatic carbocycles. The Hall–Kier alpha value is -1.12. The van der Waals surface area contributed by atoms with Crippen LogP contribution in [-0.2, 0) is 9.84 Å². The van der Waals surface area contributed by atoms with Crippen molar-refractivity contribution in [2.24, 2.45) is 0 Å². The highest BCUT2D eigenvalue weighted by molar-refractivity contribution is 9.11. The first kappa shape index (κ1) is 15.3. The molecule has 0 N–H and O–H groups in total. The molecule has 0 fully saturated rings. The van der Waals surface area contributed by atoms with Gasteiger partial charge in [-0.2, -0.15) is 0 Å². The number of rotatable bonds is 4. The molecule has 0 unspecified atom stereocenters. The maximum absolute atomic E-state index is 13.0. The fraction of sp³-hybridized carbons (Fsp3) is 0.0833. The highest BCUT2D eigenvalue weighted by Crippen LogP contribution is 2.24. The highest BCUT2D eigenvalue weighted by atomic mass is 79.9. The van der Waals surface area contributed by atoms with Crippen molar-refractivity contribution in [3.8, 4) is 0 Å². The van der Waals surface area contributed by atoms with Crippen LogP contribution >= 0.6 is 27.3 Å². The van der Waals surface area contributed by atoms with Gasteiger partial charge in [0.15, 0.2) is 27.3 Å². The lowest BCUT2D eigenvalue weighted by Gasteiger charge is -2.03. The third-order valence-corrected chi connectivity index (χ3v) is 5.70. The third-order valence-electron chi connectivity index (χ3n) is 2.42. The number of halogens is 3. The van der Waals surface area contributed by atoms with Crippen LogP contribution in [0.1, 0.15) is 9.67 Å². The average Bonchev–Trinajstić information content (AvgIpc) is 2.79. The van der Waals surface area contributed by atoms with E-state index >= 15 is 0 Å². The van der Waals surface area contributed by atoms with Gasteiger partial charge in [-0.05, 0) is 46.3 Å². The monoisotopic (exact) mass is 380 g/mol. The predicted octanol–water partition coefficient (Wildman–Crippen LogP) is 3.45. The average molecular weight is 381 g/mol. The third kappa shape index (κ3) is 3.31. The SMILES string of the molecule is O=C(CS(=O)(=O)c1ccc(F)c(F)c1)c1ccc(Br)s1. The summed E-state index contributed by atoms with van der Waals surface area (Å²) < 4.78 is 50.5. The van der Waals surface area contributed by atoms with Crippen LogP contribution in [0.3, 0.4) is 0 Å². The van der Waals surface area contributed by atoms with Gasteiger partial charge >= 0.3 is 0 Å². The van der Waals surface area contributed by atoms with E-state index in [4.69, 9.17) is 0 Å². The van der Waals surface area contributed by atoms with Gasteiger partial charge in [-0.15, -0.1) is 11.3 Å². The minimum absolute atomic E-state index is 0.281. The summed E-state index contributed by atoms with van der Waals surface area (Å²) in [6, 6.07) is 5.35. The second-order valence-electron chi connectivity index (χ2n) is 3.86. The van der Waals surface area contributed by atoms with Crippen LogP contribution in [0.15, 0.2) is 39.0 Å². The first-order chi connectivity index (χ1) is 9.29. The molecule has 2 aromatic rings. The molecule has 8 heteroatoms. The van der Waals surface area contributed by atoms with Crippen LogP contribution < -0.4 is 0 Å². The van der Waals surface area contributed by atoms with E-state index in [1.54, 1.807) is 6.07 Å². The Kier molecular flexibility index (Phi) is 4.36. The minimum Gasteiger partial charge on any atom is -0.292 e. The number of carbonyl (C=O) groups excluding carboxylic acids is 1. The Morgan fingerprint density at radius 3 is 2.40 bits per heavy atom. The van der Waals surface area contributed by atoms with Crippen molar-refractivity contribution < 1.29 is 22.0 Å². The number of hydrogen-bond donors (Lipinski definition) is 0. The number of thiophene rings is 1. The van der Waals surface area contributed by atoms with Gasteiger partial charge in [-0.3, -0.25) is 4.79 Å². The Balaban J connectivity index is 2.27. The maximum atomic E-state index is 13.0. The molecular formula is C12H7BrF2O3S2. The number of carbonyl (C=O) groups is 1. The molecule has 0 aliphatic heterocycles. The molecule has 1 aromatic carbocycles. The number of ketones is 1. The summed E-state index contributed by atoms with van der Waals surface area (Å²) in [7, 11) is -4.00. The van der Waals surface area contributed by atoms with Crippen LogP contribution in [0, 0.1) is 11.6 Å². The molecule has 1 heterocycles. The van der Waals surface area contributed by atoms with Gasteiger partial charge in [0.25, 0.3) is 0 Å². The highest BCUT2D eigenvalue weighted by Gasteiger charge is 2.22. The lowest BCUT2D eigenvalue weighted by Crippen LogP contribution is -2.15. The Morgan fingerprint density at radius 2 is 1.85 bits per heavy atom. The molecule has 0 spiro atoms.